The second kappa shape index (κ2) is 2.72. The first-order valence-electron chi connectivity index (χ1n) is 3.71. The van der Waals surface area contributed by atoms with E-state index in [0.29, 0.717) is 7.92 Å². The van der Waals surface area contributed by atoms with Crippen LogP contribution in [0.15, 0.2) is 30.3 Å². The number of benzene rings is 1. The van der Waals surface area contributed by atoms with Gasteiger partial charge in [-0.15, -0.1) is 7.92 Å². The molecule has 52 valence electrons. The Balaban J connectivity index is 2.03. The molecule has 0 unspecified atom stereocenters. The van der Waals surface area contributed by atoms with E-state index in [4.69, 9.17) is 0 Å². The molecular formula is C9H11P. The molecule has 0 saturated carbocycles. The lowest BCUT2D eigenvalue weighted by Crippen LogP contribution is -1.74. The van der Waals surface area contributed by atoms with Gasteiger partial charge in [0.25, 0.3) is 0 Å². The molecule has 1 aliphatic heterocycles. The molecule has 0 bridgehead atoms. The van der Waals surface area contributed by atoms with Crippen LogP contribution < -0.4 is 0 Å². The van der Waals surface area contributed by atoms with E-state index in [2.05, 4.69) is 30.3 Å². The van der Waals surface area contributed by atoms with E-state index in [0.717, 1.165) is 0 Å². The smallest absolute Gasteiger partial charge is 0.00729 e. The molecule has 0 amide bonds. The summed E-state index contributed by atoms with van der Waals surface area (Å²) in [5.74, 6) is 0. The van der Waals surface area contributed by atoms with Crippen molar-refractivity contribution in [1.82, 2.24) is 0 Å². The Hall–Kier alpha value is -0.350. The van der Waals surface area contributed by atoms with Gasteiger partial charge in [0.1, 0.15) is 0 Å². The van der Waals surface area contributed by atoms with Crippen LogP contribution in [0.1, 0.15) is 5.56 Å². The highest BCUT2D eigenvalue weighted by Gasteiger charge is 2.19. The summed E-state index contributed by atoms with van der Waals surface area (Å²) < 4.78 is 0. The summed E-state index contributed by atoms with van der Waals surface area (Å²) in [6.45, 7) is 0. The molecule has 1 fully saturated rings. The summed E-state index contributed by atoms with van der Waals surface area (Å²) in [6, 6.07) is 10.8. The van der Waals surface area contributed by atoms with Crippen molar-refractivity contribution in [2.24, 2.45) is 0 Å². The molecule has 1 saturated heterocycles. The predicted molar refractivity (Wildman–Crippen MR) is 46.8 cm³/mol. The van der Waals surface area contributed by atoms with Crippen LogP contribution in [0.4, 0.5) is 0 Å². The average Bonchev–Trinajstić information content (AvgIpc) is 2.74. The van der Waals surface area contributed by atoms with Crippen molar-refractivity contribution >= 4 is 7.92 Å². The monoisotopic (exact) mass is 150 g/mol. The first-order valence-corrected chi connectivity index (χ1v) is 5.61. The molecule has 10 heavy (non-hydrogen) atoms. The van der Waals surface area contributed by atoms with E-state index < -0.39 is 0 Å². The minimum atomic E-state index is 0.473. The summed E-state index contributed by atoms with van der Waals surface area (Å²) in [4.78, 5) is 0. The highest BCUT2D eigenvalue weighted by molar-refractivity contribution is 7.64. The zero-order chi connectivity index (χ0) is 6.81. The second-order valence-corrected chi connectivity index (χ2v) is 5.31. The third-order valence-electron chi connectivity index (χ3n) is 1.79. The third kappa shape index (κ3) is 1.58. The van der Waals surface area contributed by atoms with Crippen molar-refractivity contribution in [3.63, 3.8) is 0 Å². The van der Waals surface area contributed by atoms with Gasteiger partial charge in [0.2, 0.25) is 0 Å². The fraction of sp³-hybridized carbons (Fsp3) is 0.333. The molecule has 0 radical (unpaired) electrons. The molecule has 0 N–H and O–H groups in total. The van der Waals surface area contributed by atoms with E-state index in [9.17, 15) is 0 Å². The lowest BCUT2D eigenvalue weighted by atomic mass is 10.2. The first kappa shape index (κ1) is 6.37. The van der Waals surface area contributed by atoms with Crippen LogP contribution in [0.5, 0.6) is 0 Å². The van der Waals surface area contributed by atoms with Gasteiger partial charge in [-0.3, -0.25) is 0 Å². The lowest BCUT2D eigenvalue weighted by molar-refractivity contribution is 1.41. The van der Waals surface area contributed by atoms with Crippen molar-refractivity contribution in [2.45, 2.75) is 6.16 Å². The van der Waals surface area contributed by atoms with Crippen LogP contribution in [-0.2, 0) is 6.16 Å². The maximum atomic E-state index is 2.24. The number of hydrogen-bond donors (Lipinski definition) is 0. The zero-order valence-corrected chi connectivity index (χ0v) is 6.85. The maximum absolute atomic E-state index is 2.24. The Bertz CT molecular complexity index is 201. The van der Waals surface area contributed by atoms with E-state index in [-0.39, 0.29) is 0 Å². The molecule has 1 aliphatic rings. The summed E-state index contributed by atoms with van der Waals surface area (Å²) in [7, 11) is 0.473. The van der Waals surface area contributed by atoms with Gasteiger partial charge in [-0.2, -0.15) is 0 Å². The average molecular weight is 150 g/mol. The van der Waals surface area contributed by atoms with Gasteiger partial charge >= 0.3 is 0 Å². The largest absolute Gasteiger partial charge is 0.102 e. The Morgan fingerprint density at radius 3 is 2.40 bits per heavy atom. The fourth-order valence-corrected chi connectivity index (χ4v) is 2.68. The fourth-order valence-electron chi connectivity index (χ4n) is 1.07. The lowest BCUT2D eigenvalue weighted by Gasteiger charge is -1.95. The van der Waals surface area contributed by atoms with Crippen LogP contribution in [-0.4, -0.2) is 12.3 Å². The minimum Gasteiger partial charge on any atom is -0.102 e. The highest BCUT2D eigenvalue weighted by Crippen LogP contribution is 2.52. The van der Waals surface area contributed by atoms with Gasteiger partial charge in [-0.25, -0.2) is 0 Å². The van der Waals surface area contributed by atoms with Crippen molar-refractivity contribution in [2.75, 3.05) is 12.3 Å². The van der Waals surface area contributed by atoms with Crippen molar-refractivity contribution in [1.29, 1.82) is 0 Å². The van der Waals surface area contributed by atoms with Crippen LogP contribution in [0.3, 0.4) is 0 Å². The van der Waals surface area contributed by atoms with Gasteiger partial charge in [0.15, 0.2) is 0 Å². The normalized spacial score (nSPS) is 17.2. The van der Waals surface area contributed by atoms with E-state index >= 15 is 0 Å². The minimum absolute atomic E-state index is 0.473. The quantitative estimate of drug-likeness (QED) is 0.568. The summed E-state index contributed by atoms with van der Waals surface area (Å²) >= 11 is 0. The van der Waals surface area contributed by atoms with Crippen molar-refractivity contribution in [3.8, 4) is 0 Å². The Labute approximate surface area is 63.0 Å². The van der Waals surface area contributed by atoms with Gasteiger partial charge in [-0.05, 0) is 24.0 Å². The third-order valence-corrected chi connectivity index (χ3v) is 3.68. The summed E-state index contributed by atoms with van der Waals surface area (Å²) in [5.41, 5.74) is 1.53. The predicted octanol–water partition coefficient (Wildman–Crippen LogP) is 2.68. The SMILES string of the molecule is c1ccc(CP2CC2)cc1. The topological polar surface area (TPSA) is 0 Å². The van der Waals surface area contributed by atoms with Crippen molar-refractivity contribution < 1.29 is 0 Å². The van der Waals surface area contributed by atoms with Gasteiger partial charge in [-0.1, -0.05) is 30.3 Å². The van der Waals surface area contributed by atoms with E-state index in [1.54, 1.807) is 0 Å². The Morgan fingerprint density at radius 2 is 1.80 bits per heavy atom. The Kier molecular flexibility index (Phi) is 1.73. The molecule has 0 atom stereocenters. The molecular weight excluding hydrogens is 139 g/mol. The summed E-state index contributed by atoms with van der Waals surface area (Å²) in [5, 5.41) is 0. The molecule has 1 aromatic rings. The van der Waals surface area contributed by atoms with Gasteiger partial charge in [0, 0.05) is 0 Å². The molecule has 1 aromatic carbocycles. The highest BCUT2D eigenvalue weighted by atomic mass is 31.1. The maximum Gasteiger partial charge on any atom is -0.00729 e. The molecule has 0 aromatic heterocycles. The van der Waals surface area contributed by atoms with Crippen molar-refractivity contribution in [3.05, 3.63) is 35.9 Å². The van der Waals surface area contributed by atoms with Crippen LogP contribution >= 0.6 is 7.92 Å². The van der Waals surface area contributed by atoms with Gasteiger partial charge in [0.05, 0.1) is 0 Å². The number of rotatable bonds is 2. The zero-order valence-electron chi connectivity index (χ0n) is 5.96. The first-order chi connectivity index (χ1) is 4.95. The van der Waals surface area contributed by atoms with Crippen LogP contribution in [0, 0.1) is 0 Å². The molecule has 0 spiro atoms. The second-order valence-electron chi connectivity index (χ2n) is 2.76. The van der Waals surface area contributed by atoms with E-state index in [1.807, 2.05) is 0 Å². The standard InChI is InChI=1S/C9H11P/c1-2-4-9(5-3-1)8-10-6-7-10/h1-5H,6-8H2. The van der Waals surface area contributed by atoms with Crippen LogP contribution in [0.25, 0.3) is 0 Å². The van der Waals surface area contributed by atoms with E-state index in [1.165, 1.54) is 24.0 Å². The number of hydrogen-bond acceptors (Lipinski definition) is 0. The van der Waals surface area contributed by atoms with Crippen LogP contribution in [0.2, 0.25) is 0 Å². The molecule has 1 heteroatoms. The summed E-state index contributed by atoms with van der Waals surface area (Å²) in [6.07, 6.45) is 4.41. The van der Waals surface area contributed by atoms with Gasteiger partial charge < -0.3 is 0 Å². The molecule has 0 aliphatic carbocycles. The Morgan fingerprint density at radius 1 is 1.10 bits per heavy atom. The molecule has 1 heterocycles. The molecule has 0 nitrogen and oxygen atoms in total. The molecule has 2 rings (SSSR count).